The van der Waals surface area contributed by atoms with Crippen molar-refractivity contribution < 1.29 is 9.53 Å². The third-order valence-corrected chi connectivity index (χ3v) is 74.0. The number of alkyl halides is 1. The van der Waals surface area contributed by atoms with Crippen molar-refractivity contribution in [2.45, 2.75) is 97.3 Å². The van der Waals surface area contributed by atoms with Gasteiger partial charge < -0.3 is 9.53 Å². The Kier molecular flexibility index (Phi) is 8.52. The van der Waals surface area contributed by atoms with Gasteiger partial charge in [-0.15, -0.1) is 11.6 Å². The van der Waals surface area contributed by atoms with Crippen molar-refractivity contribution in [3.8, 4) is 0 Å². The summed E-state index contributed by atoms with van der Waals surface area (Å²) in [5.41, 5.74) is 0.714. The van der Waals surface area contributed by atoms with Crippen molar-refractivity contribution in [3.05, 3.63) is 35.9 Å². The van der Waals surface area contributed by atoms with E-state index in [1.54, 1.807) is 0 Å². The number of hydrogen-bond donors (Lipinski definition) is 1. The van der Waals surface area contributed by atoms with E-state index in [1.807, 2.05) is 30.3 Å². The van der Waals surface area contributed by atoms with E-state index in [4.69, 9.17) is 16.0 Å². The van der Waals surface area contributed by atoms with Gasteiger partial charge in [-0.3, -0.25) is 0 Å². The van der Waals surface area contributed by atoms with Gasteiger partial charge in [0.05, 0.1) is 40.4 Å². The van der Waals surface area contributed by atoms with Crippen LogP contribution in [0.25, 0.3) is 0 Å². The van der Waals surface area contributed by atoms with E-state index < -0.39 is 41.1 Å². The lowest BCUT2D eigenvalue weighted by atomic mass is 9.84. The lowest BCUT2D eigenvalue weighted by Gasteiger charge is -2.59. The highest BCUT2D eigenvalue weighted by Gasteiger charge is 2.65. The Hall–Kier alpha value is 0.298. The van der Waals surface area contributed by atoms with Crippen molar-refractivity contribution in [1.82, 2.24) is 0 Å². The second-order valence-corrected chi connectivity index (χ2v) is 52.6. The van der Waals surface area contributed by atoms with Crippen LogP contribution in [0.5, 0.6) is 0 Å². The minimum atomic E-state index is -2.06. The lowest BCUT2D eigenvalue weighted by molar-refractivity contribution is 0.0357. The molecular formula is C22H45ClO2Si4. The Bertz CT molecular complexity index is 619. The fraction of sp³-hybridized carbons (Fsp3) is 0.727. The third kappa shape index (κ3) is 5.76. The molecule has 1 N–H and O–H groups in total. The highest BCUT2D eigenvalue weighted by atomic mass is 35.5. The second kappa shape index (κ2) is 9.04. The molecule has 1 rings (SSSR count). The molecule has 0 unspecified atom stereocenters. The first-order valence-electron chi connectivity index (χ1n) is 10.8. The molecule has 0 spiro atoms. The average Bonchev–Trinajstić information content (AvgIpc) is 2.50. The Balaban J connectivity index is 3.58. The number of halogens is 1. The zero-order valence-corrected chi connectivity index (χ0v) is 25.6. The summed E-state index contributed by atoms with van der Waals surface area (Å²) in [6.07, 6.45) is -0.921. The van der Waals surface area contributed by atoms with Gasteiger partial charge in [0, 0.05) is 0 Å². The molecule has 0 saturated heterocycles. The van der Waals surface area contributed by atoms with Crippen molar-refractivity contribution in [2.24, 2.45) is 5.41 Å². The molecule has 3 atom stereocenters. The Labute approximate surface area is 188 Å². The first-order chi connectivity index (χ1) is 12.8. The number of benzene rings is 1. The second-order valence-electron chi connectivity index (χ2n) is 12.6. The summed E-state index contributed by atoms with van der Waals surface area (Å²) in [6.45, 7) is 27.3. The standard InChI is InChI=1S/C22H45ClO2Si4/c1-22(2,3)21(19(23)20(24)18-16-14-13-15-17-18)25-29(26(4,5)6,27(7,8)9)28(10,11)12/h13-17,19-21,24H,1-12H3/t19-,20+,21-/m1/s1. The van der Waals surface area contributed by atoms with E-state index >= 15 is 0 Å². The van der Waals surface area contributed by atoms with E-state index in [1.165, 1.54) is 0 Å². The molecular weight excluding hydrogens is 444 g/mol. The molecule has 0 aromatic heterocycles. The topological polar surface area (TPSA) is 29.5 Å². The maximum absolute atomic E-state index is 11.2. The molecule has 168 valence electrons. The van der Waals surface area contributed by atoms with Crippen LogP contribution >= 0.6 is 11.6 Å². The fourth-order valence-electron chi connectivity index (χ4n) is 5.81. The molecule has 29 heavy (non-hydrogen) atoms. The molecule has 1 aromatic rings. The van der Waals surface area contributed by atoms with Crippen molar-refractivity contribution in [2.75, 3.05) is 0 Å². The highest BCUT2D eigenvalue weighted by molar-refractivity contribution is 7.87. The maximum Gasteiger partial charge on any atom is 0.158 e. The van der Waals surface area contributed by atoms with Gasteiger partial charge in [-0.2, -0.15) is 0 Å². The van der Waals surface area contributed by atoms with Gasteiger partial charge in [0.1, 0.15) is 0 Å². The largest absolute Gasteiger partial charge is 0.421 e. The summed E-state index contributed by atoms with van der Waals surface area (Å²) in [5.74, 6) is 0. The van der Waals surface area contributed by atoms with E-state index in [9.17, 15) is 5.11 Å². The number of hydrogen-bond acceptors (Lipinski definition) is 2. The van der Waals surface area contributed by atoms with Crippen LogP contribution in [0, 0.1) is 5.41 Å². The molecule has 7 heteroatoms. The molecule has 0 radical (unpaired) electrons. The first kappa shape index (κ1) is 27.3. The predicted octanol–water partition coefficient (Wildman–Crippen LogP) is 6.95. The van der Waals surface area contributed by atoms with Crippen LogP contribution < -0.4 is 0 Å². The minimum absolute atomic E-state index is 0.153. The molecule has 2 nitrogen and oxygen atoms in total. The Morgan fingerprint density at radius 3 is 1.48 bits per heavy atom. The normalized spacial score (nSPS) is 17.7. The van der Waals surface area contributed by atoms with Gasteiger partial charge in [0.25, 0.3) is 0 Å². The van der Waals surface area contributed by atoms with Crippen LogP contribution in [-0.2, 0) is 4.43 Å². The first-order valence-corrected chi connectivity index (χ1v) is 26.7. The van der Waals surface area contributed by atoms with Crippen molar-refractivity contribution >= 4 is 41.2 Å². The molecule has 0 fully saturated rings. The Morgan fingerprint density at radius 2 is 1.17 bits per heavy atom. The molecule has 0 aliphatic rings. The lowest BCUT2D eigenvalue weighted by Crippen LogP contribution is -2.85. The SMILES string of the molecule is CC(C)(C)[C@H](O[Si]([Si](C)(C)C)([Si](C)(C)C)[Si](C)(C)C)[C@H](Cl)[C@@H](O)c1ccccc1. The quantitative estimate of drug-likeness (QED) is 0.316. The smallest absolute Gasteiger partial charge is 0.158 e. The van der Waals surface area contributed by atoms with E-state index in [0.717, 1.165) is 5.56 Å². The summed E-state index contributed by atoms with van der Waals surface area (Å²) in [5, 5.41) is 10.7. The van der Waals surface area contributed by atoms with Crippen molar-refractivity contribution in [1.29, 1.82) is 0 Å². The van der Waals surface area contributed by atoms with Crippen LogP contribution in [0.2, 0.25) is 58.9 Å². The molecule has 0 aliphatic heterocycles. The van der Waals surface area contributed by atoms with Crippen LogP contribution in [0.3, 0.4) is 0 Å². The fourth-order valence-corrected chi connectivity index (χ4v) is 100. The van der Waals surface area contributed by atoms with E-state index in [-0.39, 0.29) is 11.5 Å². The zero-order valence-electron chi connectivity index (χ0n) is 20.9. The maximum atomic E-state index is 11.2. The monoisotopic (exact) mass is 488 g/mol. The van der Waals surface area contributed by atoms with Gasteiger partial charge in [0.15, 0.2) is 6.87 Å². The van der Waals surface area contributed by atoms with Crippen LogP contribution in [0.15, 0.2) is 30.3 Å². The van der Waals surface area contributed by atoms with Crippen LogP contribution in [0.1, 0.15) is 32.4 Å². The zero-order chi connectivity index (χ0) is 23.1. The van der Waals surface area contributed by atoms with Gasteiger partial charge in [-0.1, -0.05) is 110 Å². The van der Waals surface area contributed by atoms with Crippen LogP contribution in [-0.4, -0.2) is 46.2 Å². The average molecular weight is 489 g/mol. The summed E-state index contributed by atoms with van der Waals surface area (Å²) >= 11 is 7.07. The van der Waals surface area contributed by atoms with Gasteiger partial charge in [-0.25, -0.2) is 0 Å². The number of aliphatic hydroxyl groups is 1. The molecule has 0 amide bonds. The molecule has 0 heterocycles. The summed E-state index contributed by atoms with van der Waals surface area (Å²) in [7, 11) is -4.83. The third-order valence-electron chi connectivity index (χ3n) is 6.06. The molecule has 1 aromatic carbocycles. The van der Waals surface area contributed by atoms with E-state index in [0.29, 0.717) is 0 Å². The Morgan fingerprint density at radius 1 is 0.793 bits per heavy atom. The molecule has 0 bridgehead atoms. The summed E-state index contributed by atoms with van der Waals surface area (Å²) in [6, 6.07) is 9.80. The minimum Gasteiger partial charge on any atom is -0.421 e. The van der Waals surface area contributed by atoms with Gasteiger partial charge >= 0.3 is 0 Å². The summed E-state index contributed by atoms with van der Waals surface area (Å²) in [4.78, 5) is 0. The van der Waals surface area contributed by atoms with Gasteiger partial charge in [-0.05, 0) is 11.0 Å². The predicted molar refractivity (Wildman–Crippen MR) is 141 cm³/mol. The summed E-state index contributed by atoms with van der Waals surface area (Å²) < 4.78 is 7.53. The number of aliphatic hydroxyl groups excluding tert-OH is 1. The highest BCUT2D eigenvalue weighted by Crippen LogP contribution is 2.44. The molecule has 0 saturated carbocycles. The van der Waals surface area contributed by atoms with Crippen LogP contribution in [0.4, 0.5) is 0 Å². The number of rotatable bonds is 8. The van der Waals surface area contributed by atoms with Gasteiger partial charge in [0.2, 0.25) is 0 Å². The van der Waals surface area contributed by atoms with E-state index in [2.05, 4.69) is 79.7 Å². The van der Waals surface area contributed by atoms with Crippen molar-refractivity contribution in [3.63, 3.8) is 0 Å². The molecule has 0 aliphatic carbocycles.